The molecule has 16 heavy (non-hydrogen) atoms. The molecule has 0 radical (unpaired) electrons. The van der Waals surface area contributed by atoms with Crippen LogP contribution in [0.3, 0.4) is 0 Å². The standard InChI is InChI=1S/C10H14F3N3/c1-7-5-8(16(2)15-7)6-14-9(3-4-9)10(11,12)13/h5,14H,3-4,6H2,1-2H3. The summed E-state index contributed by atoms with van der Waals surface area (Å²) in [5.41, 5.74) is -0.0604. The zero-order chi connectivity index (χ0) is 12.0. The summed E-state index contributed by atoms with van der Waals surface area (Å²) in [6.07, 6.45) is -3.80. The number of hydrogen-bond donors (Lipinski definition) is 1. The first-order valence-electron chi connectivity index (χ1n) is 5.15. The van der Waals surface area contributed by atoms with Gasteiger partial charge >= 0.3 is 6.18 Å². The van der Waals surface area contributed by atoms with Gasteiger partial charge in [-0.15, -0.1) is 0 Å². The highest BCUT2D eigenvalue weighted by Crippen LogP contribution is 2.49. The van der Waals surface area contributed by atoms with E-state index in [4.69, 9.17) is 0 Å². The molecule has 1 aromatic rings. The van der Waals surface area contributed by atoms with Crippen LogP contribution < -0.4 is 5.32 Å². The van der Waals surface area contributed by atoms with E-state index in [2.05, 4.69) is 10.4 Å². The third-order valence-electron chi connectivity index (χ3n) is 3.00. The zero-order valence-corrected chi connectivity index (χ0v) is 9.23. The summed E-state index contributed by atoms with van der Waals surface area (Å²) in [5, 5.41) is 6.68. The van der Waals surface area contributed by atoms with Crippen LogP contribution in [-0.2, 0) is 13.6 Å². The fourth-order valence-electron chi connectivity index (χ4n) is 1.77. The molecule has 1 aliphatic carbocycles. The lowest BCUT2D eigenvalue weighted by Crippen LogP contribution is -2.44. The zero-order valence-electron chi connectivity index (χ0n) is 9.23. The fourth-order valence-corrected chi connectivity index (χ4v) is 1.77. The van der Waals surface area contributed by atoms with Gasteiger partial charge in [0.25, 0.3) is 0 Å². The molecule has 0 spiro atoms. The first kappa shape index (κ1) is 11.4. The molecular formula is C10H14F3N3. The van der Waals surface area contributed by atoms with Crippen LogP contribution in [0.4, 0.5) is 13.2 Å². The van der Waals surface area contributed by atoms with Crippen molar-refractivity contribution in [3.8, 4) is 0 Å². The molecular weight excluding hydrogens is 219 g/mol. The number of nitrogens with one attached hydrogen (secondary N) is 1. The largest absolute Gasteiger partial charge is 0.406 e. The number of nitrogens with zero attached hydrogens (tertiary/aromatic N) is 2. The van der Waals surface area contributed by atoms with Gasteiger partial charge in [-0.25, -0.2) is 0 Å². The minimum absolute atomic E-state index is 0.174. The van der Waals surface area contributed by atoms with Crippen LogP contribution in [0, 0.1) is 6.92 Å². The van der Waals surface area contributed by atoms with Crippen molar-refractivity contribution in [3.63, 3.8) is 0 Å². The molecule has 1 aliphatic rings. The Balaban J connectivity index is 2.01. The van der Waals surface area contributed by atoms with Gasteiger partial charge in [-0.3, -0.25) is 10.00 Å². The van der Waals surface area contributed by atoms with Crippen LogP contribution in [-0.4, -0.2) is 21.5 Å². The van der Waals surface area contributed by atoms with E-state index in [9.17, 15) is 13.2 Å². The molecule has 1 heterocycles. The number of aromatic nitrogens is 2. The van der Waals surface area contributed by atoms with E-state index in [0.717, 1.165) is 11.4 Å². The summed E-state index contributed by atoms with van der Waals surface area (Å²) < 4.78 is 39.5. The molecule has 2 rings (SSSR count). The Hall–Kier alpha value is -1.04. The van der Waals surface area contributed by atoms with Crippen LogP contribution in [0.1, 0.15) is 24.2 Å². The second-order valence-electron chi connectivity index (χ2n) is 4.33. The van der Waals surface area contributed by atoms with Crippen molar-refractivity contribution in [2.45, 2.75) is 38.0 Å². The van der Waals surface area contributed by atoms with Crippen molar-refractivity contribution in [1.29, 1.82) is 0 Å². The average Bonchev–Trinajstić information content (AvgIpc) is 2.86. The summed E-state index contributed by atoms with van der Waals surface area (Å²) in [7, 11) is 1.73. The molecule has 0 saturated heterocycles. The minimum Gasteiger partial charge on any atom is -0.298 e. The first-order valence-corrected chi connectivity index (χ1v) is 5.15. The highest BCUT2D eigenvalue weighted by atomic mass is 19.4. The quantitative estimate of drug-likeness (QED) is 0.864. The monoisotopic (exact) mass is 233 g/mol. The maximum absolute atomic E-state index is 12.6. The van der Waals surface area contributed by atoms with Gasteiger partial charge in [0, 0.05) is 13.6 Å². The maximum atomic E-state index is 12.6. The molecule has 3 nitrogen and oxygen atoms in total. The van der Waals surface area contributed by atoms with Crippen molar-refractivity contribution < 1.29 is 13.2 Å². The third kappa shape index (κ3) is 1.93. The van der Waals surface area contributed by atoms with E-state index >= 15 is 0 Å². The van der Waals surface area contributed by atoms with Crippen LogP contribution in [0.25, 0.3) is 0 Å². The van der Waals surface area contributed by atoms with Crippen LogP contribution >= 0.6 is 0 Å². The van der Waals surface area contributed by atoms with Gasteiger partial charge in [0.1, 0.15) is 5.54 Å². The predicted molar refractivity (Wildman–Crippen MR) is 52.8 cm³/mol. The number of halogens is 3. The second kappa shape index (κ2) is 3.48. The molecule has 90 valence electrons. The van der Waals surface area contributed by atoms with Crippen LogP contribution in [0.5, 0.6) is 0 Å². The normalized spacial score (nSPS) is 18.8. The molecule has 1 N–H and O–H groups in total. The Labute approximate surface area is 91.6 Å². The lowest BCUT2D eigenvalue weighted by Gasteiger charge is -2.20. The highest BCUT2D eigenvalue weighted by molar-refractivity contribution is 5.12. The molecule has 0 unspecified atom stereocenters. The summed E-state index contributed by atoms with van der Waals surface area (Å²) in [6, 6.07) is 1.79. The lowest BCUT2D eigenvalue weighted by molar-refractivity contribution is -0.166. The van der Waals surface area contributed by atoms with Gasteiger partial charge in [-0.2, -0.15) is 18.3 Å². The van der Waals surface area contributed by atoms with Gasteiger partial charge < -0.3 is 0 Å². The Morgan fingerprint density at radius 1 is 1.50 bits per heavy atom. The van der Waals surface area contributed by atoms with E-state index in [0.29, 0.717) is 0 Å². The molecule has 1 aromatic heterocycles. The van der Waals surface area contributed by atoms with Crippen molar-refractivity contribution in [1.82, 2.24) is 15.1 Å². The van der Waals surface area contributed by atoms with Crippen LogP contribution in [0.15, 0.2) is 6.07 Å². The predicted octanol–water partition coefficient (Wildman–Crippen LogP) is 1.91. The van der Waals surface area contributed by atoms with E-state index < -0.39 is 11.7 Å². The smallest absolute Gasteiger partial charge is 0.298 e. The number of rotatable bonds is 3. The fraction of sp³-hybridized carbons (Fsp3) is 0.700. The molecule has 1 saturated carbocycles. The second-order valence-corrected chi connectivity index (χ2v) is 4.33. The number of hydrogen-bond acceptors (Lipinski definition) is 2. The van der Waals surface area contributed by atoms with Gasteiger partial charge in [0.2, 0.25) is 0 Å². The van der Waals surface area contributed by atoms with E-state index in [-0.39, 0.29) is 19.4 Å². The van der Waals surface area contributed by atoms with Crippen molar-refractivity contribution >= 4 is 0 Å². The number of alkyl halides is 3. The van der Waals surface area contributed by atoms with Crippen molar-refractivity contribution in [2.75, 3.05) is 0 Å². The summed E-state index contributed by atoms with van der Waals surface area (Å²) in [4.78, 5) is 0. The Kier molecular flexibility index (Phi) is 2.49. The van der Waals surface area contributed by atoms with E-state index in [1.54, 1.807) is 17.8 Å². The minimum atomic E-state index is -4.15. The topological polar surface area (TPSA) is 29.9 Å². The lowest BCUT2D eigenvalue weighted by atomic mass is 10.2. The molecule has 6 heteroatoms. The Morgan fingerprint density at radius 3 is 2.50 bits per heavy atom. The third-order valence-corrected chi connectivity index (χ3v) is 3.00. The van der Waals surface area contributed by atoms with Gasteiger partial charge in [-0.05, 0) is 25.8 Å². The van der Waals surface area contributed by atoms with Crippen molar-refractivity contribution in [2.24, 2.45) is 7.05 Å². The SMILES string of the molecule is Cc1cc(CNC2(C(F)(F)F)CC2)n(C)n1. The van der Waals surface area contributed by atoms with Crippen LogP contribution in [0.2, 0.25) is 0 Å². The first-order chi connectivity index (χ1) is 7.34. The molecule has 0 amide bonds. The number of aryl methyl sites for hydroxylation is 2. The summed E-state index contributed by atoms with van der Waals surface area (Å²) in [5.74, 6) is 0. The van der Waals surface area contributed by atoms with Gasteiger partial charge in [0.05, 0.1) is 11.4 Å². The van der Waals surface area contributed by atoms with E-state index in [1.165, 1.54) is 0 Å². The maximum Gasteiger partial charge on any atom is 0.406 e. The van der Waals surface area contributed by atoms with Gasteiger partial charge in [-0.1, -0.05) is 0 Å². The Bertz CT molecular complexity index is 391. The van der Waals surface area contributed by atoms with Crippen molar-refractivity contribution in [3.05, 3.63) is 17.5 Å². The summed E-state index contributed by atoms with van der Waals surface area (Å²) >= 11 is 0. The Morgan fingerprint density at radius 2 is 2.12 bits per heavy atom. The van der Waals surface area contributed by atoms with Gasteiger partial charge in [0.15, 0.2) is 0 Å². The summed E-state index contributed by atoms with van der Waals surface area (Å²) in [6.45, 7) is 2.02. The molecule has 0 aliphatic heterocycles. The van der Waals surface area contributed by atoms with E-state index in [1.807, 2.05) is 6.92 Å². The average molecular weight is 233 g/mol. The molecule has 1 fully saturated rings. The molecule has 0 atom stereocenters. The highest BCUT2D eigenvalue weighted by Gasteiger charge is 2.62. The molecule has 0 bridgehead atoms. The molecule has 0 aromatic carbocycles.